The summed E-state index contributed by atoms with van der Waals surface area (Å²) in [5, 5.41) is 3.61. The van der Waals surface area contributed by atoms with Crippen molar-refractivity contribution in [3.8, 4) is 0 Å². The van der Waals surface area contributed by atoms with Crippen molar-refractivity contribution in [3.63, 3.8) is 0 Å². The molecule has 0 atom stereocenters. The van der Waals surface area contributed by atoms with E-state index in [1.807, 2.05) is 12.1 Å². The predicted molar refractivity (Wildman–Crippen MR) is 78.0 cm³/mol. The first-order chi connectivity index (χ1) is 9.22. The fraction of sp³-hybridized carbons (Fsp3) is 0.625. The fourth-order valence-electron chi connectivity index (χ4n) is 2.76. The Labute approximate surface area is 116 Å². The van der Waals surface area contributed by atoms with Crippen molar-refractivity contribution in [2.75, 3.05) is 26.2 Å². The normalized spacial score (nSPS) is 22.5. The minimum Gasteiger partial charge on any atom is -0.313 e. The van der Waals surface area contributed by atoms with Crippen LogP contribution in [0.1, 0.15) is 38.2 Å². The van der Waals surface area contributed by atoms with Gasteiger partial charge in [0.15, 0.2) is 0 Å². The molecule has 0 aromatic heterocycles. The maximum atomic E-state index is 12.8. The molecule has 1 fully saturated rings. The number of halogens is 1. The maximum Gasteiger partial charge on any atom is 0.123 e. The number of nitrogens with one attached hydrogen (secondary N) is 1. The van der Waals surface area contributed by atoms with Crippen LogP contribution in [0.5, 0.6) is 0 Å². The van der Waals surface area contributed by atoms with E-state index >= 15 is 0 Å². The van der Waals surface area contributed by atoms with Gasteiger partial charge in [-0.2, -0.15) is 0 Å². The zero-order valence-electron chi connectivity index (χ0n) is 12.0. The van der Waals surface area contributed by atoms with Crippen molar-refractivity contribution >= 4 is 0 Å². The van der Waals surface area contributed by atoms with E-state index in [0.29, 0.717) is 12.0 Å². The molecule has 1 aliphatic rings. The third-order valence-electron chi connectivity index (χ3n) is 4.23. The Kier molecular flexibility index (Phi) is 5.34. The van der Waals surface area contributed by atoms with Gasteiger partial charge in [-0.25, -0.2) is 4.39 Å². The van der Waals surface area contributed by atoms with E-state index < -0.39 is 0 Å². The number of likely N-dealkylation sites (N-methyl/N-ethyl adjacent to an activating group) is 1. The van der Waals surface area contributed by atoms with Crippen molar-refractivity contribution in [1.82, 2.24) is 10.2 Å². The van der Waals surface area contributed by atoms with Crippen LogP contribution in [-0.2, 0) is 0 Å². The van der Waals surface area contributed by atoms with Gasteiger partial charge in [0.2, 0.25) is 0 Å². The van der Waals surface area contributed by atoms with Gasteiger partial charge in [-0.3, -0.25) is 0 Å². The summed E-state index contributed by atoms with van der Waals surface area (Å²) in [5.74, 6) is 0.475. The Hall–Kier alpha value is -0.930. The van der Waals surface area contributed by atoms with Gasteiger partial charge in [-0.1, -0.05) is 26.0 Å². The van der Waals surface area contributed by atoms with E-state index in [4.69, 9.17) is 0 Å². The Balaban J connectivity index is 1.65. The topological polar surface area (TPSA) is 15.3 Å². The molecule has 0 heterocycles. The lowest BCUT2D eigenvalue weighted by Crippen LogP contribution is -2.43. The molecule has 1 N–H and O–H groups in total. The van der Waals surface area contributed by atoms with Crippen LogP contribution in [0.4, 0.5) is 4.39 Å². The molecule has 1 saturated carbocycles. The number of hydrogen-bond acceptors (Lipinski definition) is 2. The van der Waals surface area contributed by atoms with Gasteiger partial charge in [-0.15, -0.1) is 0 Å². The van der Waals surface area contributed by atoms with E-state index in [2.05, 4.69) is 24.1 Å². The zero-order chi connectivity index (χ0) is 13.7. The number of rotatable bonds is 7. The van der Waals surface area contributed by atoms with Crippen molar-refractivity contribution < 1.29 is 4.39 Å². The quantitative estimate of drug-likeness (QED) is 0.814. The van der Waals surface area contributed by atoms with E-state index in [0.717, 1.165) is 26.2 Å². The largest absolute Gasteiger partial charge is 0.313 e. The molecule has 0 saturated heterocycles. The minimum absolute atomic E-state index is 0.142. The molecular weight excluding hydrogens is 239 g/mol. The highest BCUT2D eigenvalue weighted by molar-refractivity contribution is 5.23. The zero-order valence-corrected chi connectivity index (χ0v) is 12.0. The second-order valence-electron chi connectivity index (χ2n) is 5.40. The highest BCUT2D eigenvalue weighted by Gasteiger charge is 2.29. The Bertz CT molecular complexity index is 367. The molecule has 2 nitrogen and oxygen atoms in total. The van der Waals surface area contributed by atoms with Gasteiger partial charge in [0, 0.05) is 19.1 Å². The summed E-state index contributed by atoms with van der Waals surface area (Å²) >= 11 is 0. The third kappa shape index (κ3) is 4.02. The second kappa shape index (κ2) is 7.01. The summed E-state index contributed by atoms with van der Waals surface area (Å²) in [7, 11) is 0. The number of nitrogens with zero attached hydrogens (tertiary/aromatic N) is 1. The monoisotopic (exact) mass is 264 g/mol. The van der Waals surface area contributed by atoms with E-state index in [1.54, 1.807) is 12.1 Å². The summed E-state index contributed by atoms with van der Waals surface area (Å²) in [6, 6.07) is 7.62. The van der Waals surface area contributed by atoms with Gasteiger partial charge in [-0.05, 0) is 49.5 Å². The van der Waals surface area contributed by atoms with Crippen LogP contribution in [0.15, 0.2) is 24.3 Å². The first kappa shape index (κ1) is 14.5. The van der Waals surface area contributed by atoms with Crippen LogP contribution in [0.25, 0.3) is 0 Å². The summed E-state index contributed by atoms with van der Waals surface area (Å²) in [6.07, 6.45) is 2.37. The van der Waals surface area contributed by atoms with Crippen LogP contribution in [0, 0.1) is 5.82 Å². The average molecular weight is 264 g/mol. The third-order valence-corrected chi connectivity index (χ3v) is 4.23. The Morgan fingerprint density at radius 3 is 2.37 bits per heavy atom. The molecule has 0 bridgehead atoms. The summed E-state index contributed by atoms with van der Waals surface area (Å²) < 4.78 is 12.8. The van der Waals surface area contributed by atoms with Crippen LogP contribution in [-0.4, -0.2) is 37.1 Å². The molecule has 3 heteroatoms. The van der Waals surface area contributed by atoms with Crippen LogP contribution < -0.4 is 5.32 Å². The van der Waals surface area contributed by atoms with E-state index in [1.165, 1.54) is 18.4 Å². The van der Waals surface area contributed by atoms with Crippen LogP contribution >= 0.6 is 0 Å². The average Bonchev–Trinajstić information content (AvgIpc) is 2.38. The molecule has 19 heavy (non-hydrogen) atoms. The molecule has 1 aromatic carbocycles. The van der Waals surface area contributed by atoms with Crippen molar-refractivity contribution in [3.05, 3.63) is 35.6 Å². The van der Waals surface area contributed by atoms with Gasteiger partial charge < -0.3 is 10.2 Å². The highest BCUT2D eigenvalue weighted by atomic mass is 19.1. The highest BCUT2D eigenvalue weighted by Crippen LogP contribution is 2.36. The summed E-state index contributed by atoms with van der Waals surface area (Å²) in [6.45, 7) is 8.87. The second-order valence-corrected chi connectivity index (χ2v) is 5.40. The molecule has 106 valence electrons. The van der Waals surface area contributed by atoms with Crippen molar-refractivity contribution in [2.24, 2.45) is 0 Å². The smallest absolute Gasteiger partial charge is 0.123 e. The fourth-order valence-corrected chi connectivity index (χ4v) is 2.76. The van der Waals surface area contributed by atoms with Crippen molar-refractivity contribution in [2.45, 2.75) is 38.6 Å². The molecule has 0 aliphatic heterocycles. The van der Waals surface area contributed by atoms with Gasteiger partial charge >= 0.3 is 0 Å². The van der Waals surface area contributed by atoms with Gasteiger partial charge in [0.1, 0.15) is 5.82 Å². The van der Waals surface area contributed by atoms with E-state index in [9.17, 15) is 4.39 Å². The lowest BCUT2D eigenvalue weighted by atomic mass is 9.76. The summed E-state index contributed by atoms with van der Waals surface area (Å²) in [4.78, 5) is 2.43. The van der Waals surface area contributed by atoms with Crippen LogP contribution in [0.2, 0.25) is 0 Å². The SMILES string of the molecule is CCN(CC)CCNC1CC(c2ccc(F)cc2)C1. The van der Waals surface area contributed by atoms with Crippen LogP contribution in [0.3, 0.4) is 0 Å². The Morgan fingerprint density at radius 2 is 1.79 bits per heavy atom. The molecule has 0 unspecified atom stereocenters. The van der Waals surface area contributed by atoms with Gasteiger partial charge in [0.25, 0.3) is 0 Å². The summed E-state index contributed by atoms with van der Waals surface area (Å²) in [5.41, 5.74) is 1.28. The number of hydrogen-bond donors (Lipinski definition) is 1. The standard InChI is InChI=1S/C16H25FN2/c1-3-19(4-2)10-9-18-16-11-14(12-16)13-5-7-15(17)8-6-13/h5-8,14,16,18H,3-4,9-12H2,1-2H3. The molecular formula is C16H25FN2. The molecule has 0 radical (unpaired) electrons. The van der Waals surface area contributed by atoms with Crippen molar-refractivity contribution in [1.29, 1.82) is 0 Å². The Morgan fingerprint density at radius 1 is 1.16 bits per heavy atom. The first-order valence-corrected chi connectivity index (χ1v) is 7.44. The molecule has 0 amide bonds. The molecule has 0 spiro atoms. The molecule has 1 aliphatic carbocycles. The molecule has 1 aromatic rings. The lowest BCUT2D eigenvalue weighted by Gasteiger charge is -2.37. The molecule has 2 rings (SSSR count). The number of benzene rings is 1. The van der Waals surface area contributed by atoms with Gasteiger partial charge in [0.05, 0.1) is 0 Å². The predicted octanol–water partition coefficient (Wildman–Crippen LogP) is 3.00. The first-order valence-electron chi connectivity index (χ1n) is 7.44. The lowest BCUT2D eigenvalue weighted by molar-refractivity contribution is 0.256. The maximum absolute atomic E-state index is 12.8. The van der Waals surface area contributed by atoms with E-state index in [-0.39, 0.29) is 5.82 Å². The minimum atomic E-state index is -0.142.